The van der Waals surface area contributed by atoms with Crippen molar-refractivity contribution in [1.29, 1.82) is 0 Å². The first-order valence-corrected chi connectivity index (χ1v) is 6.16. The lowest BCUT2D eigenvalue weighted by atomic mass is 10.1. The van der Waals surface area contributed by atoms with Crippen molar-refractivity contribution in [2.75, 3.05) is 0 Å². The van der Waals surface area contributed by atoms with Crippen LogP contribution in [-0.4, -0.2) is 10.1 Å². The van der Waals surface area contributed by atoms with Crippen molar-refractivity contribution in [1.82, 2.24) is 10.3 Å². The highest BCUT2D eigenvalue weighted by atomic mass is 35.5. The van der Waals surface area contributed by atoms with E-state index in [0.717, 1.165) is 11.3 Å². The zero-order chi connectivity index (χ0) is 13.0. The molecule has 0 aliphatic carbocycles. The van der Waals surface area contributed by atoms with E-state index in [4.69, 9.17) is 11.6 Å². The fourth-order valence-corrected chi connectivity index (χ4v) is 1.87. The molecule has 0 saturated carbocycles. The van der Waals surface area contributed by atoms with Crippen LogP contribution in [0.2, 0.25) is 5.02 Å². The molecule has 1 atom stereocenters. The van der Waals surface area contributed by atoms with E-state index in [-0.39, 0.29) is 11.8 Å². The summed E-state index contributed by atoms with van der Waals surface area (Å²) in [6, 6.07) is 11.2. The van der Waals surface area contributed by atoms with Crippen molar-refractivity contribution in [2.24, 2.45) is 0 Å². The molecule has 3 nitrogen and oxygen atoms in total. The Kier molecular flexibility index (Phi) is 4.18. The number of hydrogen-bond donors (Lipinski definition) is 2. The number of phenols is 1. The van der Waals surface area contributed by atoms with Gasteiger partial charge in [0.1, 0.15) is 5.75 Å². The van der Waals surface area contributed by atoms with Crippen molar-refractivity contribution in [3.63, 3.8) is 0 Å². The van der Waals surface area contributed by atoms with Gasteiger partial charge in [-0.3, -0.25) is 4.98 Å². The Balaban J connectivity index is 1.97. The highest BCUT2D eigenvalue weighted by molar-refractivity contribution is 6.32. The Morgan fingerprint density at radius 1 is 1.33 bits per heavy atom. The molecule has 0 amide bonds. The smallest absolute Gasteiger partial charge is 0.134 e. The summed E-state index contributed by atoms with van der Waals surface area (Å²) >= 11 is 5.86. The number of aromatic hydroxyl groups is 1. The topological polar surface area (TPSA) is 45.1 Å². The Morgan fingerprint density at radius 2 is 2.17 bits per heavy atom. The zero-order valence-electron chi connectivity index (χ0n) is 10.1. The summed E-state index contributed by atoms with van der Waals surface area (Å²) in [5.74, 6) is 0.109. The zero-order valence-corrected chi connectivity index (χ0v) is 10.9. The maximum Gasteiger partial charge on any atom is 0.134 e. The molecule has 0 bridgehead atoms. The Labute approximate surface area is 111 Å². The molecule has 0 radical (unpaired) electrons. The summed E-state index contributed by atoms with van der Waals surface area (Å²) in [4.78, 5) is 4.29. The van der Waals surface area contributed by atoms with E-state index in [1.807, 2.05) is 24.3 Å². The summed E-state index contributed by atoms with van der Waals surface area (Å²) in [6.07, 6.45) is 1.78. The van der Waals surface area contributed by atoms with Crippen molar-refractivity contribution in [3.8, 4) is 5.75 Å². The number of halogens is 1. The third-order valence-electron chi connectivity index (χ3n) is 2.76. The second kappa shape index (κ2) is 5.85. The number of nitrogens with one attached hydrogen (secondary N) is 1. The first-order valence-electron chi connectivity index (χ1n) is 5.78. The number of nitrogens with zero attached hydrogens (tertiary/aromatic N) is 1. The van der Waals surface area contributed by atoms with Gasteiger partial charge in [-0.25, -0.2) is 0 Å². The fourth-order valence-electron chi connectivity index (χ4n) is 1.67. The molecular weight excluding hydrogens is 248 g/mol. The lowest BCUT2D eigenvalue weighted by Crippen LogP contribution is -2.18. The molecule has 1 aromatic carbocycles. The van der Waals surface area contributed by atoms with Crippen LogP contribution in [0.4, 0.5) is 0 Å². The van der Waals surface area contributed by atoms with Gasteiger partial charge < -0.3 is 10.4 Å². The van der Waals surface area contributed by atoms with Gasteiger partial charge in [0.15, 0.2) is 0 Å². The molecule has 1 heterocycles. The summed E-state index contributed by atoms with van der Waals surface area (Å²) in [7, 11) is 0. The second-order valence-electron chi connectivity index (χ2n) is 4.14. The maximum atomic E-state index is 9.34. The monoisotopic (exact) mass is 262 g/mol. The lowest BCUT2D eigenvalue weighted by molar-refractivity contribution is 0.475. The highest BCUT2D eigenvalue weighted by Gasteiger charge is 2.06. The molecular formula is C14H15ClN2O. The molecule has 0 aliphatic heterocycles. The van der Waals surface area contributed by atoms with Crippen molar-refractivity contribution >= 4 is 11.6 Å². The highest BCUT2D eigenvalue weighted by Crippen LogP contribution is 2.23. The molecule has 4 heteroatoms. The number of pyridine rings is 1. The van der Waals surface area contributed by atoms with E-state index in [1.165, 1.54) is 0 Å². The van der Waals surface area contributed by atoms with Crippen LogP contribution in [0.15, 0.2) is 42.6 Å². The van der Waals surface area contributed by atoms with Gasteiger partial charge in [-0.2, -0.15) is 0 Å². The molecule has 2 N–H and O–H groups in total. The number of benzene rings is 1. The minimum Gasteiger partial charge on any atom is -0.506 e. The summed E-state index contributed by atoms with van der Waals surface area (Å²) in [5, 5.41) is 13.1. The van der Waals surface area contributed by atoms with E-state index in [9.17, 15) is 5.11 Å². The van der Waals surface area contributed by atoms with E-state index in [1.54, 1.807) is 18.3 Å². The van der Waals surface area contributed by atoms with E-state index >= 15 is 0 Å². The fraction of sp³-hybridized carbons (Fsp3) is 0.214. The van der Waals surface area contributed by atoms with Crippen molar-refractivity contribution in [3.05, 3.63) is 58.9 Å². The van der Waals surface area contributed by atoms with Crippen LogP contribution in [0.1, 0.15) is 24.2 Å². The molecule has 0 unspecified atom stereocenters. The molecule has 0 fully saturated rings. The van der Waals surface area contributed by atoms with Gasteiger partial charge >= 0.3 is 0 Å². The van der Waals surface area contributed by atoms with Crippen molar-refractivity contribution < 1.29 is 5.11 Å². The third-order valence-corrected chi connectivity index (χ3v) is 3.06. The molecule has 0 saturated heterocycles. The normalized spacial score (nSPS) is 12.3. The number of phenolic OH excluding ortho intramolecular Hbond substituents is 1. The Hall–Kier alpha value is -1.58. The Morgan fingerprint density at radius 3 is 2.83 bits per heavy atom. The van der Waals surface area contributed by atoms with Gasteiger partial charge in [0.25, 0.3) is 0 Å². The molecule has 2 rings (SSSR count). The standard InChI is InChI=1S/C14H15ClN2O/c1-10(13-4-2-3-7-16-13)17-9-11-5-6-14(18)12(15)8-11/h2-8,10,17-18H,9H2,1H3/t10-/m1/s1. The minimum atomic E-state index is 0.109. The largest absolute Gasteiger partial charge is 0.506 e. The van der Waals surface area contributed by atoms with Crippen LogP contribution < -0.4 is 5.32 Å². The van der Waals surface area contributed by atoms with E-state index in [2.05, 4.69) is 17.2 Å². The van der Waals surface area contributed by atoms with E-state index < -0.39 is 0 Å². The van der Waals surface area contributed by atoms with Gasteiger partial charge in [-0.1, -0.05) is 23.7 Å². The SMILES string of the molecule is C[C@@H](NCc1ccc(O)c(Cl)c1)c1ccccn1. The first-order chi connectivity index (χ1) is 8.66. The quantitative estimate of drug-likeness (QED) is 0.889. The summed E-state index contributed by atoms with van der Waals surface area (Å²) < 4.78 is 0. The molecule has 18 heavy (non-hydrogen) atoms. The average molecular weight is 263 g/mol. The minimum absolute atomic E-state index is 0.109. The molecule has 0 aliphatic rings. The first kappa shape index (κ1) is 12.9. The predicted octanol–water partition coefficient (Wildman–Crippen LogP) is 3.29. The van der Waals surface area contributed by atoms with Crippen LogP contribution in [0.3, 0.4) is 0 Å². The molecule has 1 aromatic heterocycles. The number of aromatic nitrogens is 1. The lowest BCUT2D eigenvalue weighted by Gasteiger charge is -2.13. The van der Waals surface area contributed by atoms with Crippen LogP contribution in [-0.2, 0) is 6.54 Å². The van der Waals surface area contributed by atoms with Crippen LogP contribution in [0, 0.1) is 0 Å². The number of hydrogen-bond acceptors (Lipinski definition) is 3. The van der Waals surface area contributed by atoms with Crippen LogP contribution in [0.5, 0.6) is 5.75 Å². The van der Waals surface area contributed by atoms with Crippen molar-refractivity contribution in [2.45, 2.75) is 19.5 Å². The average Bonchev–Trinajstić information content (AvgIpc) is 2.41. The number of rotatable bonds is 4. The summed E-state index contributed by atoms with van der Waals surface area (Å²) in [5.41, 5.74) is 2.03. The molecule has 2 aromatic rings. The Bertz CT molecular complexity index is 516. The molecule has 94 valence electrons. The summed E-state index contributed by atoms with van der Waals surface area (Å²) in [6.45, 7) is 2.74. The van der Waals surface area contributed by atoms with Gasteiger partial charge in [0, 0.05) is 18.8 Å². The van der Waals surface area contributed by atoms with Crippen LogP contribution in [0.25, 0.3) is 0 Å². The van der Waals surface area contributed by atoms with Gasteiger partial charge in [-0.15, -0.1) is 0 Å². The van der Waals surface area contributed by atoms with Crippen LogP contribution >= 0.6 is 11.6 Å². The van der Waals surface area contributed by atoms with Gasteiger partial charge in [-0.05, 0) is 36.8 Å². The second-order valence-corrected chi connectivity index (χ2v) is 4.55. The third kappa shape index (κ3) is 3.22. The molecule has 0 spiro atoms. The van der Waals surface area contributed by atoms with E-state index in [0.29, 0.717) is 11.6 Å². The van der Waals surface area contributed by atoms with Gasteiger partial charge in [0.05, 0.1) is 10.7 Å². The predicted molar refractivity (Wildman–Crippen MR) is 72.6 cm³/mol. The maximum absolute atomic E-state index is 9.34. The van der Waals surface area contributed by atoms with Gasteiger partial charge in [0.2, 0.25) is 0 Å².